The molecule has 2 atom stereocenters. The van der Waals surface area contributed by atoms with E-state index in [-0.39, 0.29) is 6.10 Å². The van der Waals surface area contributed by atoms with E-state index in [1.807, 2.05) is 0 Å². The van der Waals surface area contributed by atoms with Crippen LogP contribution in [0.4, 0.5) is 5.69 Å². The van der Waals surface area contributed by atoms with Crippen molar-refractivity contribution in [2.24, 2.45) is 5.92 Å². The third-order valence-electron chi connectivity index (χ3n) is 3.73. The SMILES string of the molecule is CC1OCCC1Cn1nnnc1-c1cc(Cl)ccc1N. The molecule has 20 heavy (non-hydrogen) atoms. The minimum absolute atomic E-state index is 0.226. The normalized spacial score (nSPS) is 22.3. The number of nitrogens with zero attached hydrogens (tertiary/aromatic N) is 4. The summed E-state index contributed by atoms with van der Waals surface area (Å²) in [7, 11) is 0. The predicted octanol–water partition coefficient (Wildman–Crippen LogP) is 2.00. The standard InChI is InChI=1S/C13H16ClN5O/c1-8-9(4-5-20-8)7-19-13(16-17-18-19)11-6-10(14)2-3-12(11)15/h2-3,6,8-9H,4-5,7,15H2,1H3. The highest BCUT2D eigenvalue weighted by atomic mass is 35.5. The number of anilines is 1. The van der Waals surface area contributed by atoms with E-state index in [1.54, 1.807) is 22.9 Å². The molecule has 1 aliphatic rings. The van der Waals surface area contributed by atoms with Crippen LogP contribution in [0.25, 0.3) is 11.4 Å². The summed E-state index contributed by atoms with van der Waals surface area (Å²) in [6.45, 7) is 3.59. The summed E-state index contributed by atoms with van der Waals surface area (Å²) in [6.07, 6.45) is 1.25. The zero-order valence-electron chi connectivity index (χ0n) is 11.2. The molecule has 0 radical (unpaired) electrons. The van der Waals surface area contributed by atoms with Gasteiger partial charge in [0.2, 0.25) is 0 Å². The molecule has 1 aliphatic heterocycles. The zero-order valence-corrected chi connectivity index (χ0v) is 11.9. The molecule has 0 saturated carbocycles. The lowest BCUT2D eigenvalue weighted by atomic mass is 10.0. The van der Waals surface area contributed by atoms with Crippen molar-refractivity contribution in [2.45, 2.75) is 26.0 Å². The molecule has 3 rings (SSSR count). The van der Waals surface area contributed by atoms with Crippen molar-refractivity contribution in [3.8, 4) is 11.4 Å². The van der Waals surface area contributed by atoms with Crippen molar-refractivity contribution < 1.29 is 4.74 Å². The Morgan fingerprint density at radius 2 is 2.35 bits per heavy atom. The molecule has 2 N–H and O–H groups in total. The average molecular weight is 294 g/mol. The number of hydrogen-bond donors (Lipinski definition) is 1. The van der Waals surface area contributed by atoms with Gasteiger partial charge < -0.3 is 10.5 Å². The van der Waals surface area contributed by atoms with Crippen LogP contribution < -0.4 is 5.73 Å². The van der Waals surface area contributed by atoms with Crippen LogP contribution in [0, 0.1) is 5.92 Å². The molecule has 1 aromatic carbocycles. The van der Waals surface area contributed by atoms with Gasteiger partial charge in [0.15, 0.2) is 5.82 Å². The zero-order chi connectivity index (χ0) is 14.1. The lowest BCUT2D eigenvalue weighted by Crippen LogP contribution is -2.19. The van der Waals surface area contributed by atoms with Crippen LogP contribution in [0.5, 0.6) is 0 Å². The van der Waals surface area contributed by atoms with Gasteiger partial charge in [0.1, 0.15) is 0 Å². The Labute approximate surface area is 121 Å². The average Bonchev–Trinajstić information content (AvgIpc) is 3.03. The van der Waals surface area contributed by atoms with Crippen molar-refractivity contribution in [2.75, 3.05) is 12.3 Å². The van der Waals surface area contributed by atoms with E-state index < -0.39 is 0 Å². The van der Waals surface area contributed by atoms with Gasteiger partial charge in [0.05, 0.1) is 12.6 Å². The molecule has 6 nitrogen and oxygen atoms in total. The molecule has 1 aromatic heterocycles. The molecule has 1 saturated heterocycles. The molecule has 0 amide bonds. The summed E-state index contributed by atoms with van der Waals surface area (Å²) < 4.78 is 7.35. The molecule has 2 unspecified atom stereocenters. The first-order valence-corrected chi connectivity index (χ1v) is 6.96. The summed E-state index contributed by atoms with van der Waals surface area (Å²) in [5, 5.41) is 12.5. The Bertz CT molecular complexity index is 615. The van der Waals surface area contributed by atoms with Gasteiger partial charge in [-0.2, -0.15) is 0 Å². The van der Waals surface area contributed by atoms with Crippen LogP contribution in [0.15, 0.2) is 18.2 Å². The second-order valence-corrected chi connectivity index (χ2v) is 5.48. The number of nitrogen functional groups attached to an aromatic ring is 1. The number of rotatable bonds is 3. The van der Waals surface area contributed by atoms with E-state index >= 15 is 0 Å². The van der Waals surface area contributed by atoms with Gasteiger partial charge in [-0.1, -0.05) is 11.6 Å². The first-order valence-electron chi connectivity index (χ1n) is 6.58. The fourth-order valence-electron chi connectivity index (χ4n) is 2.48. The molecular weight excluding hydrogens is 278 g/mol. The second kappa shape index (κ2) is 5.38. The van der Waals surface area contributed by atoms with Gasteiger partial charge >= 0.3 is 0 Å². The molecule has 1 fully saturated rings. The van der Waals surface area contributed by atoms with Gasteiger partial charge in [-0.15, -0.1) is 5.10 Å². The highest BCUT2D eigenvalue weighted by molar-refractivity contribution is 6.31. The van der Waals surface area contributed by atoms with Gasteiger partial charge in [-0.25, -0.2) is 4.68 Å². The Morgan fingerprint density at radius 3 is 3.10 bits per heavy atom. The minimum atomic E-state index is 0.226. The van der Waals surface area contributed by atoms with Crippen LogP contribution in [0.1, 0.15) is 13.3 Å². The van der Waals surface area contributed by atoms with Crippen molar-refractivity contribution in [3.05, 3.63) is 23.2 Å². The predicted molar refractivity (Wildman–Crippen MR) is 76.2 cm³/mol. The quantitative estimate of drug-likeness (QED) is 0.876. The lowest BCUT2D eigenvalue weighted by Gasteiger charge is -2.14. The van der Waals surface area contributed by atoms with E-state index in [0.29, 0.717) is 22.5 Å². The van der Waals surface area contributed by atoms with E-state index in [0.717, 1.165) is 25.1 Å². The molecule has 0 spiro atoms. The molecule has 0 aliphatic carbocycles. The monoisotopic (exact) mass is 293 g/mol. The Morgan fingerprint density at radius 1 is 1.50 bits per heavy atom. The summed E-state index contributed by atoms with van der Waals surface area (Å²) in [6, 6.07) is 5.30. The van der Waals surface area contributed by atoms with E-state index in [1.165, 1.54) is 0 Å². The van der Waals surface area contributed by atoms with Crippen molar-refractivity contribution in [1.29, 1.82) is 0 Å². The summed E-state index contributed by atoms with van der Waals surface area (Å²) in [5.41, 5.74) is 7.36. The molecule has 2 aromatic rings. The van der Waals surface area contributed by atoms with Crippen molar-refractivity contribution in [1.82, 2.24) is 20.2 Å². The molecule has 7 heteroatoms. The fraction of sp³-hybridized carbons (Fsp3) is 0.462. The summed E-state index contributed by atoms with van der Waals surface area (Å²) in [5.74, 6) is 1.06. The number of aromatic nitrogens is 4. The molecule has 0 bridgehead atoms. The molecule has 106 valence electrons. The highest BCUT2D eigenvalue weighted by Crippen LogP contribution is 2.28. The van der Waals surface area contributed by atoms with Gasteiger partial charge in [-0.3, -0.25) is 0 Å². The number of ether oxygens (including phenoxy) is 1. The van der Waals surface area contributed by atoms with Crippen LogP contribution in [0.3, 0.4) is 0 Å². The van der Waals surface area contributed by atoms with Gasteiger partial charge in [0, 0.05) is 28.8 Å². The molecular formula is C13H16ClN5O. The maximum absolute atomic E-state index is 6.03. The Balaban J connectivity index is 1.91. The number of hydrogen-bond acceptors (Lipinski definition) is 5. The smallest absolute Gasteiger partial charge is 0.184 e. The van der Waals surface area contributed by atoms with E-state index in [4.69, 9.17) is 22.1 Å². The Kier molecular flexibility index (Phi) is 3.58. The highest BCUT2D eigenvalue weighted by Gasteiger charge is 2.26. The third kappa shape index (κ3) is 2.48. The maximum atomic E-state index is 6.03. The van der Waals surface area contributed by atoms with E-state index in [2.05, 4.69) is 22.4 Å². The largest absolute Gasteiger partial charge is 0.398 e. The first-order chi connectivity index (χ1) is 9.65. The number of benzene rings is 1. The van der Waals surface area contributed by atoms with Crippen LogP contribution >= 0.6 is 11.6 Å². The van der Waals surface area contributed by atoms with Crippen LogP contribution in [-0.4, -0.2) is 32.9 Å². The number of halogens is 1. The third-order valence-corrected chi connectivity index (χ3v) is 3.96. The first kappa shape index (κ1) is 13.3. The topological polar surface area (TPSA) is 78.8 Å². The second-order valence-electron chi connectivity index (χ2n) is 5.04. The van der Waals surface area contributed by atoms with Crippen LogP contribution in [-0.2, 0) is 11.3 Å². The minimum Gasteiger partial charge on any atom is -0.398 e. The molecule has 2 heterocycles. The maximum Gasteiger partial charge on any atom is 0.184 e. The number of tetrazole rings is 1. The fourth-order valence-corrected chi connectivity index (χ4v) is 2.65. The van der Waals surface area contributed by atoms with Crippen molar-refractivity contribution in [3.63, 3.8) is 0 Å². The lowest BCUT2D eigenvalue weighted by molar-refractivity contribution is 0.101. The van der Waals surface area contributed by atoms with Crippen LogP contribution in [0.2, 0.25) is 5.02 Å². The Hall–Kier alpha value is -1.66. The number of nitrogens with two attached hydrogens (primary N) is 1. The summed E-state index contributed by atoms with van der Waals surface area (Å²) >= 11 is 6.03. The summed E-state index contributed by atoms with van der Waals surface area (Å²) in [4.78, 5) is 0. The van der Waals surface area contributed by atoms with Crippen molar-refractivity contribution >= 4 is 17.3 Å². The van der Waals surface area contributed by atoms with Gasteiger partial charge in [-0.05, 0) is 42.0 Å². The van der Waals surface area contributed by atoms with E-state index in [9.17, 15) is 0 Å². The van der Waals surface area contributed by atoms with Gasteiger partial charge in [0.25, 0.3) is 0 Å².